The van der Waals surface area contributed by atoms with Gasteiger partial charge in [0.2, 0.25) is 0 Å². The van der Waals surface area contributed by atoms with E-state index in [-0.39, 0.29) is 0 Å². The number of hydrogen-bond donors (Lipinski definition) is 0. The average molecular weight is 211 g/mol. The van der Waals surface area contributed by atoms with Gasteiger partial charge in [-0.3, -0.25) is 9.69 Å². The van der Waals surface area contributed by atoms with Crippen LogP contribution in [-0.2, 0) is 4.79 Å². The van der Waals surface area contributed by atoms with Gasteiger partial charge in [-0.1, -0.05) is 19.8 Å². The Kier molecular flexibility index (Phi) is 5.30. The van der Waals surface area contributed by atoms with Crippen LogP contribution in [0.25, 0.3) is 0 Å². The Morgan fingerprint density at radius 2 is 2.13 bits per heavy atom. The summed E-state index contributed by atoms with van der Waals surface area (Å²) in [6, 6.07) is 1.15. The van der Waals surface area contributed by atoms with E-state index in [1.54, 1.807) is 6.92 Å². The topological polar surface area (TPSA) is 20.3 Å². The van der Waals surface area contributed by atoms with Gasteiger partial charge in [0.15, 0.2) is 0 Å². The van der Waals surface area contributed by atoms with Gasteiger partial charge in [0, 0.05) is 18.5 Å². The molecule has 15 heavy (non-hydrogen) atoms. The fourth-order valence-electron chi connectivity index (χ4n) is 2.57. The number of Topliss-reactive ketones (excluding diaryl/α,β-unsaturated/α-hetero) is 1. The van der Waals surface area contributed by atoms with Gasteiger partial charge >= 0.3 is 0 Å². The van der Waals surface area contributed by atoms with Crippen molar-refractivity contribution >= 4 is 5.78 Å². The molecule has 88 valence electrons. The largest absolute Gasteiger partial charge is 0.300 e. The second-order valence-electron chi connectivity index (χ2n) is 4.90. The fourth-order valence-corrected chi connectivity index (χ4v) is 2.57. The number of likely N-dealkylation sites (tertiary alicyclic amines) is 1. The van der Waals surface area contributed by atoms with E-state index in [0.29, 0.717) is 17.9 Å². The van der Waals surface area contributed by atoms with Crippen LogP contribution in [0.3, 0.4) is 0 Å². The summed E-state index contributed by atoms with van der Waals surface area (Å²) in [6.07, 6.45) is 7.09. The molecule has 0 bridgehead atoms. The van der Waals surface area contributed by atoms with Crippen LogP contribution in [0.4, 0.5) is 0 Å². The summed E-state index contributed by atoms with van der Waals surface area (Å²) in [5, 5.41) is 0. The maximum atomic E-state index is 11.3. The Morgan fingerprint density at radius 1 is 1.40 bits per heavy atom. The molecular formula is C13H25NO. The van der Waals surface area contributed by atoms with Crippen LogP contribution in [0.1, 0.15) is 59.3 Å². The summed E-state index contributed by atoms with van der Waals surface area (Å²) < 4.78 is 0. The first-order valence-electron chi connectivity index (χ1n) is 6.40. The van der Waals surface area contributed by atoms with E-state index in [1.165, 1.54) is 38.6 Å². The molecule has 2 atom stereocenters. The molecule has 2 heteroatoms. The van der Waals surface area contributed by atoms with Crippen molar-refractivity contribution in [2.45, 2.75) is 71.4 Å². The lowest BCUT2D eigenvalue weighted by Crippen LogP contribution is -2.42. The Morgan fingerprint density at radius 3 is 2.73 bits per heavy atom. The van der Waals surface area contributed by atoms with Crippen LogP contribution in [0.15, 0.2) is 0 Å². The van der Waals surface area contributed by atoms with Gasteiger partial charge in [-0.25, -0.2) is 0 Å². The van der Waals surface area contributed by atoms with E-state index in [2.05, 4.69) is 18.7 Å². The normalized spacial score (nSPS) is 25.9. The lowest BCUT2D eigenvalue weighted by Gasteiger charge is -2.34. The highest BCUT2D eigenvalue weighted by Gasteiger charge is 2.25. The number of rotatable bonds is 4. The molecule has 1 fully saturated rings. The van der Waals surface area contributed by atoms with E-state index in [4.69, 9.17) is 0 Å². The van der Waals surface area contributed by atoms with Gasteiger partial charge in [-0.15, -0.1) is 0 Å². The summed E-state index contributed by atoms with van der Waals surface area (Å²) in [7, 11) is 0. The molecular weight excluding hydrogens is 186 g/mol. The molecule has 0 aromatic heterocycles. The molecule has 0 amide bonds. The van der Waals surface area contributed by atoms with Crippen molar-refractivity contribution in [3.05, 3.63) is 0 Å². The number of nitrogens with zero attached hydrogens (tertiary/aromatic N) is 1. The minimum atomic E-state index is 0.343. The highest BCUT2D eigenvalue weighted by atomic mass is 16.1. The first kappa shape index (κ1) is 12.7. The van der Waals surface area contributed by atoms with Gasteiger partial charge in [-0.05, 0) is 39.7 Å². The second-order valence-corrected chi connectivity index (χ2v) is 4.90. The Bertz CT molecular complexity index is 203. The van der Waals surface area contributed by atoms with Crippen LogP contribution in [0, 0.1) is 0 Å². The highest BCUT2D eigenvalue weighted by Crippen LogP contribution is 2.22. The number of hydrogen-bond acceptors (Lipinski definition) is 2. The van der Waals surface area contributed by atoms with Gasteiger partial charge in [0.05, 0.1) is 0 Å². The lowest BCUT2D eigenvalue weighted by atomic mass is 10.0. The third-order valence-electron chi connectivity index (χ3n) is 3.60. The zero-order valence-corrected chi connectivity index (χ0v) is 10.5. The van der Waals surface area contributed by atoms with Crippen molar-refractivity contribution in [2.24, 2.45) is 0 Å². The second kappa shape index (κ2) is 6.26. The van der Waals surface area contributed by atoms with Gasteiger partial charge in [0.25, 0.3) is 0 Å². The summed E-state index contributed by atoms with van der Waals surface area (Å²) in [4.78, 5) is 13.8. The number of ketones is 1. The lowest BCUT2D eigenvalue weighted by molar-refractivity contribution is -0.118. The quantitative estimate of drug-likeness (QED) is 0.712. The van der Waals surface area contributed by atoms with E-state index >= 15 is 0 Å². The van der Waals surface area contributed by atoms with Crippen molar-refractivity contribution in [1.29, 1.82) is 0 Å². The highest BCUT2D eigenvalue weighted by molar-refractivity contribution is 5.76. The molecule has 0 aliphatic carbocycles. The van der Waals surface area contributed by atoms with Crippen LogP contribution in [0.5, 0.6) is 0 Å². The van der Waals surface area contributed by atoms with Crippen molar-refractivity contribution in [1.82, 2.24) is 4.90 Å². The van der Waals surface area contributed by atoms with Crippen LogP contribution in [-0.4, -0.2) is 29.3 Å². The SMILES string of the molecule is CCC(C)N1CCCCCC1CC(C)=O. The zero-order chi connectivity index (χ0) is 11.3. The predicted molar refractivity (Wildman–Crippen MR) is 64.0 cm³/mol. The van der Waals surface area contributed by atoms with Crippen molar-refractivity contribution in [3.8, 4) is 0 Å². The molecule has 0 N–H and O–H groups in total. The number of carbonyl (C=O) groups is 1. The van der Waals surface area contributed by atoms with Gasteiger partial charge in [-0.2, -0.15) is 0 Å². The van der Waals surface area contributed by atoms with Crippen LogP contribution < -0.4 is 0 Å². The first-order valence-corrected chi connectivity index (χ1v) is 6.40. The summed E-state index contributed by atoms with van der Waals surface area (Å²) in [5.74, 6) is 0.343. The molecule has 0 aromatic carbocycles. The Balaban J connectivity index is 2.62. The molecule has 0 spiro atoms. The van der Waals surface area contributed by atoms with Crippen LogP contribution >= 0.6 is 0 Å². The molecule has 0 radical (unpaired) electrons. The Hall–Kier alpha value is -0.370. The fraction of sp³-hybridized carbons (Fsp3) is 0.923. The molecule has 1 aliphatic heterocycles. The standard InChI is InChI=1S/C13H25NO/c1-4-11(2)14-9-7-5-6-8-13(14)10-12(3)15/h11,13H,4-10H2,1-3H3. The van der Waals surface area contributed by atoms with Crippen molar-refractivity contribution in [3.63, 3.8) is 0 Å². The maximum Gasteiger partial charge on any atom is 0.131 e. The average Bonchev–Trinajstić information content (AvgIpc) is 2.41. The molecule has 1 aliphatic rings. The monoisotopic (exact) mass is 211 g/mol. The summed E-state index contributed by atoms with van der Waals surface area (Å²) in [5.41, 5.74) is 0. The molecule has 2 unspecified atom stereocenters. The molecule has 2 nitrogen and oxygen atoms in total. The molecule has 0 saturated carbocycles. The Labute approximate surface area is 94.0 Å². The van der Waals surface area contributed by atoms with Crippen molar-refractivity contribution < 1.29 is 4.79 Å². The van der Waals surface area contributed by atoms with Crippen molar-refractivity contribution in [2.75, 3.05) is 6.54 Å². The van der Waals surface area contributed by atoms with Gasteiger partial charge < -0.3 is 0 Å². The third-order valence-corrected chi connectivity index (χ3v) is 3.60. The van der Waals surface area contributed by atoms with E-state index in [0.717, 1.165) is 6.42 Å². The molecule has 1 saturated heterocycles. The smallest absolute Gasteiger partial charge is 0.131 e. The minimum absolute atomic E-state index is 0.343. The van der Waals surface area contributed by atoms with Gasteiger partial charge in [0.1, 0.15) is 5.78 Å². The molecule has 1 rings (SSSR count). The van der Waals surface area contributed by atoms with E-state index in [9.17, 15) is 4.79 Å². The maximum absolute atomic E-state index is 11.3. The molecule has 1 heterocycles. The number of carbonyl (C=O) groups excluding carboxylic acids is 1. The van der Waals surface area contributed by atoms with E-state index < -0.39 is 0 Å². The van der Waals surface area contributed by atoms with Crippen LogP contribution in [0.2, 0.25) is 0 Å². The third kappa shape index (κ3) is 3.94. The molecule has 0 aromatic rings. The first-order chi connectivity index (χ1) is 7.15. The summed E-state index contributed by atoms with van der Waals surface area (Å²) in [6.45, 7) is 7.44. The van der Waals surface area contributed by atoms with E-state index in [1.807, 2.05) is 0 Å². The minimum Gasteiger partial charge on any atom is -0.300 e. The predicted octanol–water partition coefficient (Wildman–Crippen LogP) is 3.01. The zero-order valence-electron chi connectivity index (χ0n) is 10.5. The summed E-state index contributed by atoms with van der Waals surface area (Å²) >= 11 is 0.